The molecule has 0 aromatic heterocycles. The van der Waals surface area contributed by atoms with E-state index in [1.54, 1.807) is 55.5 Å². The van der Waals surface area contributed by atoms with Gasteiger partial charge in [-0.05, 0) is 61.3 Å². The summed E-state index contributed by atoms with van der Waals surface area (Å²) < 4.78 is 68.3. The molecule has 3 rings (SSSR count). The normalized spacial score (nSPS) is 13.9. The molecule has 1 unspecified atom stereocenters. The first kappa shape index (κ1) is 48.3. The second kappa shape index (κ2) is 28.5. The Morgan fingerprint density at radius 1 is 0.778 bits per heavy atom. The highest BCUT2D eigenvalue weighted by Gasteiger charge is 2.26. The summed E-state index contributed by atoms with van der Waals surface area (Å²) in [5.74, 6) is -0.0882. The molecule has 0 aliphatic carbocycles. The fraction of sp³-hybridized carbons (Fsp3) is 0.639. The van der Waals surface area contributed by atoms with Crippen LogP contribution in [0.2, 0.25) is 10.0 Å². The minimum Gasteiger partial charge on any atom is -0.382 e. The number of nitrogens with zero attached hydrogens (tertiary/aromatic N) is 2. The van der Waals surface area contributed by atoms with E-state index in [0.717, 1.165) is 37.1 Å². The molecule has 1 aliphatic heterocycles. The number of benzene rings is 2. The van der Waals surface area contributed by atoms with Crippen LogP contribution in [0.3, 0.4) is 0 Å². The molecule has 1 saturated heterocycles. The first-order valence-electron chi connectivity index (χ1n) is 17.9. The maximum atomic E-state index is 13.4. The van der Waals surface area contributed by atoms with Crippen molar-refractivity contribution < 1.29 is 46.4 Å². The van der Waals surface area contributed by atoms with Crippen molar-refractivity contribution in [1.29, 1.82) is 0 Å². The topological polar surface area (TPSA) is 146 Å². The molecule has 0 bridgehead atoms. The lowest BCUT2D eigenvalue weighted by atomic mass is 10.0. The van der Waals surface area contributed by atoms with Crippen molar-refractivity contribution in [2.24, 2.45) is 0 Å². The van der Waals surface area contributed by atoms with E-state index in [1.165, 1.54) is 0 Å². The summed E-state index contributed by atoms with van der Waals surface area (Å²) in [6.45, 7) is 8.35. The summed E-state index contributed by atoms with van der Waals surface area (Å²) in [6.07, 6.45) is 2.37. The van der Waals surface area contributed by atoms with Crippen LogP contribution in [-0.4, -0.2) is 150 Å². The molecule has 1 fully saturated rings. The van der Waals surface area contributed by atoms with E-state index < -0.39 is 10.2 Å². The van der Waals surface area contributed by atoms with Crippen LogP contribution in [0.4, 0.5) is 5.69 Å². The van der Waals surface area contributed by atoms with E-state index in [9.17, 15) is 13.2 Å². The largest absolute Gasteiger partial charge is 0.382 e. The number of carbonyl (C=O) groups excluding carboxylic acids is 1. The third-order valence-electron chi connectivity index (χ3n) is 8.18. The average Bonchev–Trinajstić information content (AvgIpc) is 3.66. The number of hydrogen-bond donors (Lipinski definition) is 2. The number of likely N-dealkylation sites (tertiary alicyclic amines) is 1. The van der Waals surface area contributed by atoms with Crippen molar-refractivity contribution >= 4 is 57.4 Å². The smallest absolute Gasteiger partial charge is 0.299 e. The molecule has 2 aromatic rings. The Kier molecular flexibility index (Phi) is 25.5. The molecule has 0 saturated carbocycles. The summed E-state index contributed by atoms with van der Waals surface area (Å²) in [5.41, 5.74) is 1.97. The van der Waals surface area contributed by atoms with Crippen LogP contribution in [0.1, 0.15) is 30.0 Å². The minimum atomic E-state index is -3.88. The van der Waals surface area contributed by atoms with E-state index in [4.69, 9.17) is 56.4 Å². The molecule has 18 heteroatoms. The van der Waals surface area contributed by atoms with E-state index in [-0.39, 0.29) is 43.9 Å². The summed E-state index contributed by atoms with van der Waals surface area (Å²) >= 11 is 12.2. The number of hydrogen-bond acceptors (Lipinski definition) is 11. The second-order valence-corrected chi connectivity index (χ2v) is 14.6. The summed E-state index contributed by atoms with van der Waals surface area (Å²) in [4.78, 5) is 17.5. The molecule has 54 heavy (non-hydrogen) atoms. The minimum absolute atomic E-state index is 0. The van der Waals surface area contributed by atoms with Crippen molar-refractivity contribution in [3.8, 4) is 0 Å². The van der Waals surface area contributed by atoms with Crippen molar-refractivity contribution in [1.82, 2.24) is 14.5 Å². The number of anilines is 1. The maximum Gasteiger partial charge on any atom is 0.299 e. The zero-order chi connectivity index (χ0) is 38.2. The maximum absolute atomic E-state index is 13.4. The molecule has 2 aromatic carbocycles. The van der Waals surface area contributed by atoms with Crippen LogP contribution in [0, 0.1) is 0 Å². The molecular formula is C36H57Cl3N4O10S. The standard InChI is InChI=1S/C36H56Cl2N4O10S.ClH/c1-41(36(43)27-30-8-9-33(37)34(38)26-30)35(29-42-11-3-4-12-42)31-6-5-7-32(28-31)40-53(44,45)39-10-13-47-16-17-49-20-21-51-24-25-52-23-22-50-19-18-48-15-14-46-2;/h5-9,26,28,35,39-40H,3-4,10-25,27,29H2,1-2H3;1H. The van der Waals surface area contributed by atoms with Crippen LogP contribution in [0.25, 0.3) is 0 Å². The predicted octanol–water partition coefficient (Wildman–Crippen LogP) is 4.25. The molecule has 1 amide bonds. The Hall–Kier alpha value is -1.83. The number of methoxy groups -OCH3 is 1. The molecular weight excluding hydrogens is 787 g/mol. The van der Waals surface area contributed by atoms with Gasteiger partial charge in [-0.1, -0.05) is 41.4 Å². The summed E-state index contributed by atoms with van der Waals surface area (Å²) in [6, 6.07) is 12.0. The van der Waals surface area contributed by atoms with Crippen molar-refractivity contribution in [3.63, 3.8) is 0 Å². The second-order valence-electron chi connectivity index (χ2n) is 12.2. The van der Waals surface area contributed by atoms with Crippen LogP contribution < -0.4 is 9.44 Å². The van der Waals surface area contributed by atoms with Gasteiger partial charge in [-0.25, -0.2) is 0 Å². The van der Waals surface area contributed by atoms with Gasteiger partial charge in [0.25, 0.3) is 10.2 Å². The average molecular weight is 844 g/mol. The van der Waals surface area contributed by atoms with Gasteiger partial charge in [0.2, 0.25) is 5.91 Å². The Labute approximate surface area is 336 Å². The Morgan fingerprint density at radius 2 is 1.31 bits per heavy atom. The van der Waals surface area contributed by atoms with Crippen LogP contribution in [-0.2, 0) is 54.6 Å². The molecule has 2 N–H and O–H groups in total. The fourth-order valence-corrected chi connectivity index (χ4v) is 6.56. The number of ether oxygens (including phenoxy) is 7. The summed E-state index contributed by atoms with van der Waals surface area (Å²) in [7, 11) is -0.468. The van der Waals surface area contributed by atoms with E-state index in [1.807, 2.05) is 6.07 Å². The number of likely N-dealkylation sites (N-methyl/N-ethyl adjacent to an activating group) is 1. The van der Waals surface area contributed by atoms with Gasteiger partial charge in [0.15, 0.2) is 0 Å². The quantitative estimate of drug-likeness (QED) is 0.109. The van der Waals surface area contributed by atoms with Gasteiger partial charge in [0, 0.05) is 27.2 Å². The van der Waals surface area contributed by atoms with E-state index in [0.29, 0.717) is 102 Å². The zero-order valence-electron chi connectivity index (χ0n) is 31.3. The van der Waals surface area contributed by atoms with Gasteiger partial charge in [-0.15, -0.1) is 12.4 Å². The Morgan fingerprint density at radius 3 is 1.85 bits per heavy atom. The number of carbonyl (C=O) groups is 1. The van der Waals surface area contributed by atoms with Gasteiger partial charge < -0.3 is 43.0 Å². The molecule has 14 nitrogen and oxygen atoms in total. The highest BCUT2D eigenvalue weighted by molar-refractivity contribution is 7.90. The third kappa shape index (κ3) is 20.4. The Balaban J connectivity index is 0.0000101. The molecule has 1 atom stereocenters. The van der Waals surface area contributed by atoms with Crippen LogP contribution in [0.15, 0.2) is 42.5 Å². The van der Waals surface area contributed by atoms with E-state index in [2.05, 4.69) is 14.3 Å². The highest BCUT2D eigenvalue weighted by Crippen LogP contribution is 2.27. The van der Waals surface area contributed by atoms with Gasteiger partial charge in [0.1, 0.15) is 0 Å². The molecule has 308 valence electrons. The van der Waals surface area contributed by atoms with Crippen molar-refractivity contribution in [2.45, 2.75) is 25.3 Å². The molecule has 1 heterocycles. The zero-order valence-corrected chi connectivity index (χ0v) is 34.5. The van der Waals surface area contributed by atoms with Crippen LogP contribution >= 0.6 is 35.6 Å². The molecule has 1 aliphatic rings. The first-order valence-corrected chi connectivity index (χ1v) is 20.2. The number of halogens is 3. The highest BCUT2D eigenvalue weighted by atomic mass is 35.5. The lowest BCUT2D eigenvalue weighted by Gasteiger charge is -2.32. The number of rotatable bonds is 30. The van der Waals surface area contributed by atoms with Gasteiger partial charge in [-0.3, -0.25) is 9.52 Å². The van der Waals surface area contributed by atoms with Crippen molar-refractivity contribution in [2.75, 3.05) is 131 Å². The fourth-order valence-electron chi connectivity index (χ4n) is 5.38. The van der Waals surface area contributed by atoms with Gasteiger partial charge in [-0.2, -0.15) is 13.1 Å². The monoisotopic (exact) mass is 842 g/mol. The number of amides is 1. The molecule has 0 spiro atoms. The lowest BCUT2D eigenvalue weighted by Crippen LogP contribution is -2.39. The summed E-state index contributed by atoms with van der Waals surface area (Å²) in [5, 5.41) is 0.828. The van der Waals surface area contributed by atoms with Crippen LogP contribution in [0.5, 0.6) is 0 Å². The Bertz CT molecular complexity index is 1430. The first-order chi connectivity index (χ1) is 25.7. The van der Waals surface area contributed by atoms with Crippen molar-refractivity contribution in [3.05, 3.63) is 63.6 Å². The van der Waals surface area contributed by atoms with Gasteiger partial charge >= 0.3 is 0 Å². The predicted molar refractivity (Wildman–Crippen MR) is 212 cm³/mol. The SMILES string of the molecule is COCCOCCOCCOCCOCCOCCOCCNS(=O)(=O)Nc1cccc(C(CN2CCCC2)N(C)C(=O)Cc2ccc(Cl)c(Cl)c2)c1.Cl. The van der Waals surface area contributed by atoms with Gasteiger partial charge in [0.05, 0.1) is 114 Å². The lowest BCUT2D eigenvalue weighted by molar-refractivity contribution is -0.131. The third-order valence-corrected chi connectivity index (χ3v) is 10.0. The number of nitrogens with one attached hydrogen (secondary N) is 2. The van der Waals surface area contributed by atoms with E-state index >= 15 is 0 Å². The molecule has 0 radical (unpaired) electrons.